The smallest absolute Gasteiger partial charge is 0.339 e. The Labute approximate surface area is 74.4 Å². The van der Waals surface area contributed by atoms with Crippen molar-refractivity contribution in [1.29, 1.82) is 0 Å². The van der Waals surface area contributed by atoms with Crippen molar-refractivity contribution in [1.82, 2.24) is 0 Å². The fourth-order valence-electron chi connectivity index (χ4n) is 0.782. The number of thiol groups is 1. The molecule has 0 atom stereocenters. The molecule has 0 aromatic heterocycles. The summed E-state index contributed by atoms with van der Waals surface area (Å²) in [5.41, 5.74) is 0.420. The second-order valence-electron chi connectivity index (χ2n) is 2.15. The summed E-state index contributed by atoms with van der Waals surface area (Å²) in [5, 5.41) is 17.7. The lowest BCUT2D eigenvalue weighted by molar-refractivity contribution is 0.0694. The Morgan fingerprint density at radius 1 is 1.50 bits per heavy atom. The van der Waals surface area contributed by atoms with E-state index in [9.17, 15) is 4.79 Å². The molecule has 0 saturated carbocycles. The van der Waals surface area contributed by atoms with Crippen LogP contribution in [0.2, 0.25) is 0 Å². The number of aromatic carboxylic acids is 1. The van der Waals surface area contributed by atoms with E-state index in [1.54, 1.807) is 0 Å². The second kappa shape index (κ2) is 3.36. The van der Waals surface area contributed by atoms with Crippen LogP contribution in [-0.4, -0.2) is 16.2 Å². The van der Waals surface area contributed by atoms with Gasteiger partial charge in [-0.15, -0.1) is 0 Å². The molecule has 0 saturated heterocycles. The van der Waals surface area contributed by atoms with Crippen molar-refractivity contribution in [2.24, 2.45) is 0 Å². The number of carbonyl (C=O) groups is 1. The zero-order valence-electron chi connectivity index (χ0n) is 5.98. The van der Waals surface area contributed by atoms with E-state index in [0.717, 1.165) is 0 Å². The highest BCUT2D eigenvalue weighted by Crippen LogP contribution is 2.21. The Morgan fingerprint density at radius 3 is 2.58 bits per heavy atom. The fourth-order valence-corrected chi connectivity index (χ4v) is 0.921. The molecule has 3 N–H and O–H groups in total. The highest BCUT2D eigenvalue weighted by Gasteiger charge is 2.08. The molecule has 4 nitrogen and oxygen atoms in total. The van der Waals surface area contributed by atoms with Crippen molar-refractivity contribution in [2.45, 2.75) is 0 Å². The maximum absolute atomic E-state index is 10.4. The summed E-state index contributed by atoms with van der Waals surface area (Å²) in [6.07, 6.45) is 0. The van der Waals surface area contributed by atoms with Crippen molar-refractivity contribution in [3.05, 3.63) is 23.8 Å². The average Bonchev–Trinajstić information content (AvgIpc) is 2.03. The lowest BCUT2D eigenvalue weighted by Crippen LogP contribution is -1.96. The molecule has 0 aliphatic rings. The first kappa shape index (κ1) is 8.73. The monoisotopic (exact) mass is 185 g/mol. The molecule has 1 aromatic rings. The standard InChI is InChI=1S/C7H7NO3S/c9-6-3-4(8-12)1-2-5(6)7(10)11/h1-3,8-9,12H,(H,10,11). The molecule has 5 heteroatoms. The summed E-state index contributed by atoms with van der Waals surface area (Å²) in [5.74, 6) is -1.43. The number of phenols is 1. The molecule has 0 amide bonds. The van der Waals surface area contributed by atoms with Gasteiger partial charge in [0, 0.05) is 11.8 Å². The third-order valence-electron chi connectivity index (χ3n) is 1.36. The van der Waals surface area contributed by atoms with E-state index >= 15 is 0 Å². The maximum Gasteiger partial charge on any atom is 0.339 e. The molecule has 1 rings (SSSR count). The Morgan fingerprint density at radius 2 is 2.17 bits per heavy atom. The highest BCUT2D eigenvalue weighted by molar-refractivity contribution is 7.81. The van der Waals surface area contributed by atoms with Crippen molar-refractivity contribution in [3.63, 3.8) is 0 Å². The van der Waals surface area contributed by atoms with Crippen LogP contribution in [-0.2, 0) is 0 Å². The number of rotatable bonds is 2. The van der Waals surface area contributed by atoms with Crippen LogP contribution in [0.25, 0.3) is 0 Å². The van der Waals surface area contributed by atoms with Crippen LogP contribution in [0.1, 0.15) is 10.4 Å². The van der Waals surface area contributed by atoms with E-state index < -0.39 is 5.97 Å². The molecular weight excluding hydrogens is 178 g/mol. The van der Waals surface area contributed by atoms with Gasteiger partial charge < -0.3 is 14.9 Å². The molecule has 0 spiro atoms. The molecular formula is C7H7NO3S. The summed E-state index contributed by atoms with van der Waals surface area (Å²) in [4.78, 5) is 10.4. The average molecular weight is 185 g/mol. The molecule has 0 bridgehead atoms. The third-order valence-corrected chi connectivity index (χ3v) is 1.62. The normalized spacial score (nSPS) is 9.42. The van der Waals surface area contributed by atoms with Crippen LogP contribution >= 0.6 is 12.8 Å². The minimum atomic E-state index is -1.15. The van der Waals surface area contributed by atoms with Gasteiger partial charge in [0.05, 0.1) is 0 Å². The Balaban J connectivity index is 3.12. The lowest BCUT2D eigenvalue weighted by Gasteiger charge is -2.01. The SMILES string of the molecule is O=C(O)c1ccc(NS)cc1O. The van der Waals surface area contributed by atoms with E-state index in [1.165, 1.54) is 18.2 Å². The van der Waals surface area contributed by atoms with Crippen LogP contribution in [0.3, 0.4) is 0 Å². The van der Waals surface area contributed by atoms with Crippen LogP contribution in [0, 0.1) is 0 Å². The maximum atomic E-state index is 10.4. The van der Waals surface area contributed by atoms with Gasteiger partial charge >= 0.3 is 5.97 Å². The number of hydrogen-bond acceptors (Lipinski definition) is 4. The largest absolute Gasteiger partial charge is 0.507 e. The minimum absolute atomic E-state index is 0.123. The summed E-state index contributed by atoms with van der Waals surface area (Å²) in [6, 6.07) is 4.10. The summed E-state index contributed by atoms with van der Waals surface area (Å²) in [6.45, 7) is 0. The molecule has 0 radical (unpaired) electrons. The molecule has 1 aromatic carbocycles. The lowest BCUT2D eigenvalue weighted by atomic mass is 10.2. The molecule has 0 fully saturated rings. The van der Waals surface area contributed by atoms with Crippen molar-refractivity contribution in [3.8, 4) is 5.75 Å². The molecule has 0 aliphatic heterocycles. The van der Waals surface area contributed by atoms with E-state index in [2.05, 4.69) is 17.5 Å². The second-order valence-corrected chi connectivity index (χ2v) is 2.37. The fraction of sp³-hybridized carbons (Fsp3) is 0. The number of anilines is 1. The van der Waals surface area contributed by atoms with Gasteiger partial charge in [-0.05, 0) is 12.1 Å². The molecule has 64 valence electrons. The van der Waals surface area contributed by atoms with E-state index in [-0.39, 0.29) is 11.3 Å². The predicted octanol–water partition coefficient (Wildman–Crippen LogP) is 1.35. The summed E-state index contributed by atoms with van der Waals surface area (Å²) < 4.78 is 2.48. The van der Waals surface area contributed by atoms with Gasteiger partial charge in [0.15, 0.2) is 0 Å². The first-order valence-electron chi connectivity index (χ1n) is 3.11. The van der Waals surface area contributed by atoms with E-state index in [0.29, 0.717) is 5.69 Å². The van der Waals surface area contributed by atoms with E-state index in [4.69, 9.17) is 10.2 Å². The van der Waals surface area contributed by atoms with Gasteiger partial charge in [0.1, 0.15) is 11.3 Å². The van der Waals surface area contributed by atoms with Gasteiger partial charge in [0.25, 0.3) is 0 Å². The van der Waals surface area contributed by atoms with Gasteiger partial charge in [0.2, 0.25) is 0 Å². The summed E-state index contributed by atoms with van der Waals surface area (Å²) >= 11 is 3.73. The number of carboxylic acids is 1. The molecule has 12 heavy (non-hydrogen) atoms. The summed E-state index contributed by atoms with van der Waals surface area (Å²) in [7, 11) is 0. The topological polar surface area (TPSA) is 69.6 Å². The molecule has 0 aliphatic carbocycles. The number of carboxylic acid groups (broad SMARTS) is 1. The van der Waals surface area contributed by atoms with Gasteiger partial charge in [-0.25, -0.2) is 4.79 Å². The highest BCUT2D eigenvalue weighted by atomic mass is 32.1. The zero-order valence-corrected chi connectivity index (χ0v) is 6.88. The molecule has 0 unspecified atom stereocenters. The van der Waals surface area contributed by atoms with Crippen molar-refractivity contribution < 1.29 is 15.0 Å². The van der Waals surface area contributed by atoms with Crippen LogP contribution < -0.4 is 4.72 Å². The molecule has 0 heterocycles. The third kappa shape index (κ3) is 1.62. The van der Waals surface area contributed by atoms with Gasteiger partial charge in [-0.1, -0.05) is 12.8 Å². The van der Waals surface area contributed by atoms with Crippen molar-refractivity contribution >= 4 is 24.5 Å². The van der Waals surface area contributed by atoms with Crippen LogP contribution in [0.15, 0.2) is 18.2 Å². The number of aromatic hydroxyl groups is 1. The Kier molecular flexibility index (Phi) is 2.44. The van der Waals surface area contributed by atoms with Gasteiger partial charge in [-0.3, -0.25) is 0 Å². The number of benzene rings is 1. The first-order chi connectivity index (χ1) is 5.65. The Hall–Kier alpha value is -1.36. The zero-order chi connectivity index (χ0) is 9.14. The number of hydrogen-bond donors (Lipinski definition) is 4. The minimum Gasteiger partial charge on any atom is -0.507 e. The van der Waals surface area contributed by atoms with Gasteiger partial charge in [-0.2, -0.15) is 0 Å². The first-order valence-corrected chi connectivity index (χ1v) is 3.56. The van der Waals surface area contributed by atoms with Crippen LogP contribution in [0.5, 0.6) is 5.75 Å². The van der Waals surface area contributed by atoms with E-state index in [1.807, 2.05) is 0 Å². The van der Waals surface area contributed by atoms with Crippen LogP contribution in [0.4, 0.5) is 5.69 Å². The Bertz CT molecular complexity index is 314. The predicted molar refractivity (Wildman–Crippen MR) is 47.7 cm³/mol. The number of nitrogens with one attached hydrogen (secondary N) is 1. The quantitative estimate of drug-likeness (QED) is 0.525. The van der Waals surface area contributed by atoms with Crippen molar-refractivity contribution in [2.75, 3.05) is 4.72 Å².